The van der Waals surface area contributed by atoms with E-state index in [-0.39, 0.29) is 5.88 Å². The van der Waals surface area contributed by atoms with Crippen LogP contribution in [0, 0.1) is 5.92 Å². The van der Waals surface area contributed by atoms with E-state index in [1.54, 1.807) is 18.2 Å². The number of aromatic nitrogens is 1. The van der Waals surface area contributed by atoms with Crippen LogP contribution in [-0.2, 0) is 0 Å². The number of rotatable bonds is 4. The highest BCUT2D eigenvalue weighted by atomic mass is 35.5. The average molecular weight is 291 g/mol. The van der Waals surface area contributed by atoms with Gasteiger partial charge >= 0.3 is 0 Å². The molecule has 1 aliphatic rings. The molecule has 1 heterocycles. The SMILES string of the molecule is Nc1cnc(O)c(-c2cc(Cl)cc(OCC3CC3)c2)c1. The number of nitrogens with two attached hydrogens (primary N) is 1. The second-order valence-electron chi connectivity index (χ2n) is 5.07. The molecule has 1 aliphatic carbocycles. The Hall–Kier alpha value is -1.94. The molecular formula is C15H15ClN2O2. The van der Waals surface area contributed by atoms with Gasteiger partial charge in [-0.05, 0) is 48.6 Å². The fourth-order valence-electron chi connectivity index (χ4n) is 1.99. The summed E-state index contributed by atoms with van der Waals surface area (Å²) < 4.78 is 5.73. The minimum atomic E-state index is -0.0744. The van der Waals surface area contributed by atoms with Crippen LogP contribution in [0.15, 0.2) is 30.5 Å². The molecule has 3 N–H and O–H groups in total. The third kappa shape index (κ3) is 2.96. The molecule has 104 valence electrons. The third-order valence-corrected chi connectivity index (χ3v) is 3.47. The largest absolute Gasteiger partial charge is 0.493 e. The fraction of sp³-hybridized carbons (Fsp3) is 0.267. The number of ether oxygens (including phenoxy) is 1. The van der Waals surface area contributed by atoms with Crippen molar-refractivity contribution in [2.75, 3.05) is 12.3 Å². The minimum Gasteiger partial charge on any atom is -0.493 e. The van der Waals surface area contributed by atoms with Gasteiger partial charge in [-0.15, -0.1) is 0 Å². The van der Waals surface area contributed by atoms with Crippen molar-refractivity contribution >= 4 is 17.3 Å². The molecule has 0 saturated heterocycles. The number of anilines is 1. The van der Waals surface area contributed by atoms with E-state index in [0.29, 0.717) is 34.5 Å². The Morgan fingerprint density at radius 1 is 1.30 bits per heavy atom. The van der Waals surface area contributed by atoms with Crippen LogP contribution in [0.1, 0.15) is 12.8 Å². The van der Waals surface area contributed by atoms with Gasteiger partial charge in [-0.2, -0.15) is 0 Å². The zero-order valence-electron chi connectivity index (χ0n) is 10.8. The Morgan fingerprint density at radius 2 is 2.10 bits per heavy atom. The average Bonchev–Trinajstić information content (AvgIpc) is 3.23. The molecule has 5 heteroatoms. The van der Waals surface area contributed by atoms with E-state index in [1.165, 1.54) is 19.0 Å². The summed E-state index contributed by atoms with van der Waals surface area (Å²) in [6.45, 7) is 0.709. The summed E-state index contributed by atoms with van der Waals surface area (Å²) in [5.41, 5.74) is 7.48. The van der Waals surface area contributed by atoms with Crippen LogP contribution in [0.5, 0.6) is 11.6 Å². The molecular weight excluding hydrogens is 276 g/mol. The molecule has 1 aromatic carbocycles. The maximum Gasteiger partial charge on any atom is 0.218 e. The van der Waals surface area contributed by atoms with Gasteiger partial charge in [0.15, 0.2) is 0 Å². The number of nitrogens with zero attached hydrogens (tertiary/aromatic N) is 1. The molecule has 2 aromatic rings. The zero-order chi connectivity index (χ0) is 14.1. The van der Waals surface area contributed by atoms with Crippen molar-refractivity contribution in [3.05, 3.63) is 35.5 Å². The van der Waals surface area contributed by atoms with Crippen molar-refractivity contribution < 1.29 is 9.84 Å². The van der Waals surface area contributed by atoms with E-state index >= 15 is 0 Å². The summed E-state index contributed by atoms with van der Waals surface area (Å²) in [5, 5.41) is 10.4. The van der Waals surface area contributed by atoms with Crippen LogP contribution < -0.4 is 10.5 Å². The first-order chi connectivity index (χ1) is 9.61. The first-order valence-corrected chi connectivity index (χ1v) is 6.88. The van der Waals surface area contributed by atoms with Gasteiger partial charge in [0.25, 0.3) is 0 Å². The zero-order valence-corrected chi connectivity index (χ0v) is 11.6. The van der Waals surface area contributed by atoms with Crippen LogP contribution in [0.2, 0.25) is 5.02 Å². The number of pyridine rings is 1. The standard InChI is InChI=1S/C15H15ClN2O2/c16-11-3-10(14-6-12(17)7-18-15(14)19)4-13(5-11)20-8-9-1-2-9/h3-7,9H,1-2,8,17H2,(H,18,19). The number of aromatic hydroxyl groups is 1. The molecule has 4 nitrogen and oxygen atoms in total. The van der Waals surface area contributed by atoms with Crippen LogP contribution >= 0.6 is 11.6 Å². The van der Waals surface area contributed by atoms with Gasteiger partial charge < -0.3 is 15.6 Å². The highest BCUT2D eigenvalue weighted by Gasteiger charge is 2.22. The van der Waals surface area contributed by atoms with Gasteiger partial charge in [-0.3, -0.25) is 0 Å². The lowest BCUT2D eigenvalue weighted by atomic mass is 10.1. The molecule has 0 radical (unpaired) electrons. The van der Waals surface area contributed by atoms with E-state index in [2.05, 4.69) is 4.98 Å². The van der Waals surface area contributed by atoms with Gasteiger partial charge in [0.1, 0.15) is 5.75 Å². The van der Waals surface area contributed by atoms with Crippen molar-refractivity contribution in [2.45, 2.75) is 12.8 Å². The first-order valence-electron chi connectivity index (χ1n) is 6.50. The topological polar surface area (TPSA) is 68.4 Å². The van der Waals surface area contributed by atoms with E-state index in [9.17, 15) is 5.11 Å². The Morgan fingerprint density at radius 3 is 2.85 bits per heavy atom. The maximum absolute atomic E-state index is 9.85. The lowest BCUT2D eigenvalue weighted by molar-refractivity contribution is 0.300. The highest BCUT2D eigenvalue weighted by Crippen LogP contribution is 2.35. The quantitative estimate of drug-likeness (QED) is 0.904. The van der Waals surface area contributed by atoms with Gasteiger partial charge in [-0.1, -0.05) is 11.6 Å². The molecule has 0 amide bonds. The predicted octanol–water partition coefficient (Wildman–Crippen LogP) is 3.48. The number of benzene rings is 1. The van der Waals surface area contributed by atoms with Crippen molar-refractivity contribution in [1.29, 1.82) is 0 Å². The fourth-order valence-corrected chi connectivity index (χ4v) is 2.21. The monoisotopic (exact) mass is 290 g/mol. The van der Waals surface area contributed by atoms with Crippen molar-refractivity contribution in [2.24, 2.45) is 5.92 Å². The lowest BCUT2D eigenvalue weighted by Gasteiger charge is -2.10. The lowest BCUT2D eigenvalue weighted by Crippen LogP contribution is -1.99. The normalized spacial score (nSPS) is 14.2. The Bertz CT molecular complexity index is 642. The van der Waals surface area contributed by atoms with Gasteiger partial charge in [0.2, 0.25) is 5.88 Å². The summed E-state index contributed by atoms with van der Waals surface area (Å²) in [5.74, 6) is 1.29. The van der Waals surface area contributed by atoms with Crippen LogP contribution in [-0.4, -0.2) is 16.7 Å². The van der Waals surface area contributed by atoms with Crippen molar-refractivity contribution in [3.63, 3.8) is 0 Å². The maximum atomic E-state index is 9.85. The molecule has 0 unspecified atom stereocenters. The number of nitrogen functional groups attached to an aromatic ring is 1. The minimum absolute atomic E-state index is 0.0744. The molecule has 3 rings (SSSR count). The van der Waals surface area contributed by atoms with Crippen LogP contribution in [0.25, 0.3) is 11.1 Å². The van der Waals surface area contributed by atoms with Crippen molar-refractivity contribution in [1.82, 2.24) is 4.98 Å². The number of hydrogen-bond acceptors (Lipinski definition) is 4. The molecule has 20 heavy (non-hydrogen) atoms. The smallest absolute Gasteiger partial charge is 0.218 e. The van der Waals surface area contributed by atoms with E-state index in [0.717, 1.165) is 5.56 Å². The number of halogens is 1. The third-order valence-electron chi connectivity index (χ3n) is 3.25. The van der Waals surface area contributed by atoms with Gasteiger partial charge in [-0.25, -0.2) is 4.98 Å². The molecule has 0 spiro atoms. The predicted molar refractivity (Wildman–Crippen MR) is 79.0 cm³/mol. The molecule has 1 saturated carbocycles. The molecule has 1 aromatic heterocycles. The summed E-state index contributed by atoms with van der Waals surface area (Å²) in [7, 11) is 0. The van der Waals surface area contributed by atoms with E-state index in [4.69, 9.17) is 22.1 Å². The molecule has 0 aliphatic heterocycles. The Balaban J connectivity index is 1.93. The number of hydrogen-bond donors (Lipinski definition) is 2. The highest BCUT2D eigenvalue weighted by molar-refractivity contribution is 6.31. The second-order valence-corrected chi connectivity index (χ2v) is 5.51. The van der Waals surface area contributed by atoms with Crippen LogP contribution in [0.3, 0.4) is 0 Å². The summed E-state index contributed by atoms with van der Waals surface area (Å²) in [6, 6.07) is 7.02. The Labute approximate surface area is 122 Å². The molecule has 0 bridgehead atoms. The van der Waals surface area contributed by atoms with E-state index in [1.807, 2.05) is 6.07 Å². The summed E-state index contributed by atoms with van der Waals surface area (Å²) in [6.07, 6.45) is 3.87. The van der Waals surface area contributed by atoms with E-state index < -0.39 is 0 Å². The Kier molecular flexibility index (Phi) is 3.40. The first kappa shape index (κ1) is 13.1. The van der Waals surface area contributed by atoms with Crippen LogP contribution in [0.4, 0.5) is 5.69 Å². The molecule has 0 atom stereocenters. The van der Waals surface area contributed by atoms with Gasteiger partial charge in [0, 0.05) is 10.6 Å². The van der Waals surface area contributed by atoms with Crippen molar-refractivity contribution in [3.8, 4) is 22.8 Å². The summed E-state index contributed by atoms with van der Waals surface area (Å²) >= 11 is 6.11. The summed E-state index contributed by atoms with van der Waals surface area (Å²) in [4.78, 5) is 3.85. The molecule has 1 fully saturated rings. The van der Waals surface area contributed by atoms with Gasteiger partial charge in [0.05, 0.1) is 18.5 Å². The second kappa shape index (κ2) is 5.21.